The Balaban J connectivity index is 2.90. The number of hydrogen-bond acceptors (Lipinski definition) is 3. The molecule has 0 fully saturated rings. The van der Waals surface area contributed by atoms with Crippen LogP contribution in [0.2, 0.25) is 0 Å². The Bertz CT molecular complexity index is 418. The van der Waals surface area contributed by atoms with Gasteiger partial charge in [0.25, 0.3) is 5.91 Å². The number of aliphatic hydroxyl groups excluding tert-OH is 1. The third-order valence-electron chi connectivity index (χ3n) is 3.58. The Kier molecular flexibility index (Phi) is 4.73. The SMILES string of the molecule is CCC(CC)(CO)NC(=O)c1ccc(C)c(N)c1. The van der Waals surface area contributed by atoms with E-state index in [9.17, 15) is 9.90 Å². The average molecular weight is 250 g/mol. The van der Waals surface area contributed by atoms with Crippen LogP contribution in [0.4, 0.5) is 5.69 Å². The van der Waals surface area contributed by atoms with Gasteiger partial charge in [0.05, 0.1) is 12.1 Å². The van der Waals surface area contributed by atoms with Crippen LogP contribution in [0.25, 0.3) is 0 Å². The van der Waals surface area contributed by atoms with Crippen molar-refractivity contribution in [2.24, 2.45) is 0 Å². The Labute approximate surface area is 108 Å². The quantitative estimate of drug-likeness (QED) is 0.698. The summed E-state index contributed by atoms with van der Waals surface area (Å²) in [5.41, 5.74) is 7.32. The van der Waals surface area contributed by atoms with E-state index >= 15 is 0 Å². The van der Waals surface area contributed by atoms with Gasteiger partial charge in [0.1, 0.15) is 0 Å². The highest BCUT2D eigenvalue weighted by molar-refractivity contribution is 5.95. The minimum atomic E-state index is -0.545. The third-order valence-corrected chi connectivity index (χ3v) is 3.58. The summed E-state index contributed by atoms with van der Waals surface area (Å²) in [7, 11) is 0. The van der Waals surface area contributed by atoms with Gasteiger partial charge in [0.15, 0.2) is 0 Å². The maximum atomic E-state index is 12.1. The van der Waals surface area contributed by atoms with Gasteiger partial charge in [-0.2, -0.15) is 0 Å². The molecule has 0 saturated heterocycles. The van der Waals surface area contributed by atoms with Gasteiger partial charge < -0.3 is 16.2 Å². The number of hydrogen-bond donors (Lipinski definition) is 3. The molecule has 100 valence electrons. The third kappa shape index (κ3) is 3.01. The van der Waals surface area contributed by atoms with E-state index in [0.29, 0.717) is 24.1 Å². The van der Waals surface area contributed by atoms with Gasteiger partial charge in [0, 0.05) is 11.3 Å². The average Bonchev–Trinajstić information content (AvgIpc) is 2.39. The van der Waals surface area contributed by atoms with E-state index in [0.717, 1.165) is 5.56 Å². The number of aryl methyl sites for hydroxylation is 1. The molecule has 4 nitrogen and oxygen atoms in total. The summed E-state index contributed by atoms with van der Waals surface area (Å²) in [5, 5.41) is 12.3. The van der Waals surface area contributed by atoms with Crippen LogP contribution in [0.5, 0.6) is 0 Å². The van der Waals surface area contributed by atoms with Gasteiger partial charge >= 0.3 is 0 Å². The van der Waals surface area contributed by atoms with Gasteiger partial charge in [-0.3, -0.25) is 4.79 Å². The number of amides is 1. The van der Waals surface area contributed by atoms with E-state index < -0.39 is 5.54 Å². The topological polar surface area (TPSA) is 75.3 Å². The number of aliphatic hydroxyl groups is 1. The molecule has 1 aromatic carbocycles. The predicted octanol–water partition coefficient (Wildman–Crippen LogP) is 1.86. The van der Waals surface area contributed by atoms with E-state index in [-0.39, 0.29) is 12.5 Å². The van der Waals surface area contributed by atoms with Crippen molar-refractivity contribution < 1.29 is 9.90 Å². The second kappa shape index (κ2) is 5.87. The Morgan fingerprint density at radius 2 is 2.00 bits per heavy atom. The molecular weight excluding hydrogens is 228 g/mol. The molecule has 4 N–H and O–H groups in total. The van der Waals surface area contributed by atoms with Crippen molar-refractivity contribution in [3.05, 3.63) is 29.3 Å². The van der Waals surface area contributed by atoms with Gasteiger partial charge in [-0.1, -0.05) is 19.9 Å². The molecule has 18 heavy (non-hydrogen) atoms. The molecule has 0 aliphatic heterocycles. The molecule has 1 aromatic rings. The van der Waals surface area contributed by atoms with Crippen LogP contribution in [-0.4, -0.2) is 23.2 Å². The van der Waals surface area contributed by atoms with Crippen molar-refractivity contribution >= 4 is 11.6 Å². The summed E-state index contributed by atoms with van der Waals surface area (Å²) in [6.07, 6.45) is 1.38. The van der Waals surface area contributed by atoms with Gasteiger partial charge in [-0.15, -0.1) is 0 Å². The summed E-state index contributed by atoms with van der Waals surface area (Å²) in [6.45, 7) is 5.73. The van der Waals surface area contributed by atoms with Crippen molar-refractivity contribution in [2.45, 2.75) is 39.2 Å². The number of anilines is 1. The molecule has 0 atom stereocenters. The summed E-state index contributed by atoms with van der Waals surface area (Å²) < 4.78 is 0. The first-order chi connectivity index (χ1) is 8.48. The van der Waals surface area contributed by atoms with Crippen molar-refractivity contribution in [1.29, 1.82) is 0 Å². The van der Waals surface area contributed by atoms with E-state index in [1.54, 1.807) is 12.1 Å². The lowest BCUT2D eigenvalue weighted by Gasteiger charge is -2.30. The normalized spacial score (nSPS) is 11.3. The van der Waals surface area contributed by atoms with Gasteiger partial charge in [0.2, 0.25) is 0 Å². The summed E-state index contributed by atoms with van der Waals surface area (Å²) >= 11 is 0. The minimum absolute atomic E-state index is 0.0624. The standard InChI is InChI=1S/C14H22N2O2/c1-4-14(5-2,9-17)16-13(18)11-7-6-10(3)12(15)8-11/h6-8,17H,4-5,9,15H2,1-3H3,(H,16,18). The smallest absolute Gasteiger partial charge is 0.251 e. The maximum absolute atomic E-state index is 12.1. The summed E-state index contributed by atoms with van der Waals surface area (Å²) in [5.74, 6) is -0.195. The highest BCUT2D eigenvalue weighted by Gasteiger charge is 2.27. The van der Waals surface area contributed by atoms with Crippen molar-refractivity contribution in [2.75, 3.05) is 12.3 Å². The van der Waals surface area contributed by atoms with Crippen LogP contribution in [0.15, 0.2) is 18.2 Å². The Morgan fingerprint density at radius 3 is 2.44 bits per heavy atom. The van der Waals surface area contributed by atoms with Crippen molar-refractivity contribution in [1.82, 2.24) is 5.32 Å². The molecular formula is C14H22N2O2. The fourth-order valence-electron chi connectivity index (χ4n) is 1.78. The molecule has 0 aliphatic rings. The molecule has 1 rings (SSSR count). The fraction of sp³-hybridized carbons (Fsp3) is 0.500. The van der Waals surface area contributed by atoms with Crippen LogP contribution in [0.1, 0.15) is 42.6 Å². The first-order valence-electron chi connectivity index (χ1n) is 6.27. The van der Waals surface area contributed by atoms with Crippen LogP contribution in [0, 0.1) is 6.92 Å². The van der Waals surface area contributed by atoms with Crippen LogP contribution in [0.3, 0.4) is 0 Å². The van der Waals surface area contributed by atoms with Gasteiger partial charge in [-0.25, -0.2) is 0 Å². The number of carbonyl (C=O) groups is 1. The first kappa shape index (κ1) is 14.5. The zero-order chi connectivity index (χ0) is 13.8. The van der Waals surface area contributed by atoms with E-state index in [2.05, 4.69) is 5.32 Å². The molecule has 0 radical (unpaired) electrons. The molecule has 4 heteroatoms. The van der Waals surface area contributed by atoms with E-state index in [1.807, 2.05) is 26.8 Å². The number of nitrogens with two attached hydrogens (primary N) is 1. The lowest BCUT2D eigenvalue weighted by atomic mass is 9.93. The summed E-state index contributed by atoms with van der Waals surface area (Å²) in [6, 6.07) is 5.23. The molecule has 0 saturated carbocycles. The lowest BCUT2D eigenvalue weighted by Crippen LogP contribution is -2.50. The van der Waals surface area contributed by atoms with Crippen LogP contribution in [-0.2, 0) is 0 Å². The van der Waals surface area contributed by atoms with E-state index in [4.69, 9.17) is 5.73 Å². The maximum Gasteiger partial charge on any atom is 0.251 e. The number of benzene rings is 1. The lowest BCUT2D eigenvalue weighted by molar-refractivity contribution is 0.0818. The first-order valence-corrected chi connectivity index (χ1v) is 6.27. The number of nitrogen functional groups attached to an aromatic ring is 1. The molecule has 0 aromatic heterocycles. The molecule has 0 bridgehead atoms. The zero-order valence-corrected chi connectivity index (χ0v) is 11.3. The molecule has 0 aliphatic carbocycles. The van der Waals surface area contributed by atoms with Crippen LogP contribution < -0.4 is 11.1 Å². The second-order valence-electron chi connectivity index (χ2n) is 4.67. The van der Waals surface area contributed by atoms with E-state index in [1.165, 1.54) is 0 Å². The number of carbonyl (C=O) groups excluding carboxylic acids is 1. The number of nitrogens with one attached hydrogen (secondary N) is 1. The number of rotatable bonds is 5. The monoisotopic (exact) mass is 250 g/mol. The molecule has 1 amide bonds. The molecule has 0 unspecified atom stereocenters. The fourth-order valence-corrected chi connectivity index (χ4v) is 1.78. The Hall–Kier alpha value is -1.55. The second-order valence-corrected chi connectivity index (χ2v) is 4.67. The van der Waals surface area contributed by atoms with Crippen LogP contribution >= 0.6 is 0 Å². The highest BCUT2D eigenvalue weighted by atomic mass is 16.3. The summed E-state index contributed by atoms with van der Waals surface area (Å²) in [4.78, 5) is 12.1. The Morgan fingerprint density at radius 1 is 1.39 bits per heavy atom. The predicted molar refractivity (Wildman–Crippen MR) is 73.5 cm³/mol. The van der Waals surface area contributed by atoms with Crippen molar-refractivity contribution in [3.8, 4) is 0 Å². The highest BCUT2D eigenvalue weighted by Crippen LogP contribution is 2.17. The van der Waals surface area contributed by atoms with Gasteiger partial charge in [-0.05, 0) is 37.5 Å². The molecule has 0 heterocycles. The van der Waals surface area contributed by atoms with Crippen molar-refractivity contribution in [3.63, 3.8) is 0 Å². The largest absolute Gasteiger partial charge is 0.398 e. The zero-order valence-electron chi connectivity index (χ0n) is 11.3. The molecule has 0 spiro atoms. The minimum Gasteiger partial charge on any atom is -0.398 e.